The average molecular weight is 482 g/mol. The number of nitrogens with two attached hydrogens (primary N) is 1. The van der Waals surface area contributed by atoms with Gasteiger partial charge in [-0.2, -0.15) is 0 Å². The highest BCUT2D eigenvalue weighted by Crippen LogP contribution is 2.21. The van der Waals surface area contributed by atoms with Crippen LogP contribution in [-0.2, 0) is 16.0 Å². The molecule has 0 saturated carbocycles. The molecule has 0 heterocycles. The Morgan fingerprint density at radius 2 is 1.51 bits per heavy atom. The number of carbonyl (C=O) groups is 3. The van der Waals surface area contributed by atoms with E-state index in [0.29, 0.717) is 31.4 Å². The van der Waals surface area contributed by atoms with Crippen LogP contribution in [0.5, 0.6) is 0 Å². The highest BCUT2D eigenvalue weighted by molar-refractivity contribution is 5.97. The van der Waals surface area contributed by atoms with Crippen LogP contribution in [0.2, 0.25) is 0 Å². The van der Waals surface area contributed by atoms with E-state index in [1.165, 1.54) is 18.4 Å². The Hall–Kier alpha value is -3.35. The van der Waals surface area contributed by atoms with Crippen molar-refractivity contribution in [3.63, 3.8) is 0 Å². The van der Waals surface area contributed by atoms with E-state index in [0.717, 1.165) is 17.5 Å². The molecule has 4 N–H and O–H groups in total. The normalized spacial score (nSPS) is 12.0. The first kappa shape index (κ1) is 27.9. The molecule has 0 radical (unpaired) electrons. The Bertz CT molecular complexity index is 963. The van der Waals surface area contributed by atoms with Crippen molar-refractivity contribution in [2.45, 2.75) is 77.9 Å². The SMILES string of the molecule is CCCCc1ccc(-c2ccc(C(=O)N[C@@H](CCCCNC(=O)OC(C)(C)C)C(N)=O)cc2)cc1. The molecule has 35 heavy (non-hydrogen) atoms. The molecule has 0 spiro atoms. The fourth-order valence-corrected chi connectivity index (χ4v) is 3.56. The lowest BCUT2D eigenvalue weighted by Gasteiger charge is -2.19. The zero-order chi connectivity index (χ0) is 25.8. The molecule has 0 fully saturated rings. The Labute approximate surface area is 208 Å². The van der Waals surface area contributed by atoms with Crippen LogP contribution in [0.3, 0.4) is 0 Å². The van der Waals surface area contributed by atoms with Gasteiger partial charge in [-0.15, -0.1) is 0 Å². The van der Waals surface area contributed by atoms with Crippen LogP contribution in [0.4, 0.5) is 4.79 Å². The van der Waals surface area contributed by atoms with E-state index in [9.17, 15) is 14.4 Å². The third-order valence-corrected chi connectivity index (χ3v) is 5.49. The second-order valence-electron chi connectivity index (χ2n) is 9.73. The molecule has 3 amide bonds. The third kappa shape index (κ3) is 10.2. The summed E-state index contributed by atoms with van der Waals surface area (Å²) in [7, 11) is 0. The molecule has 0 aromatic heterocycles. The number of alkyl carbamates (subject to hydrolysis) is 1. The summed E-state index contributed by atoms with van der Waals surface area (Å²) < 4.78 is 5.18. The summed E-state index contributed by atoms with van der Waals surface area (Å²) >= 11 is 0. The number of amides is 3. The van der Waals surface area contributed by atoms with Crippen LogP contribution in [0.15, 0.2) is 48.5 Å². The second-order valence-corrected chi connectivity index (χ2v) is 9.73. The molecule has 7 heteroatoms. The number of benzene rings is 2. The van der Waals surface area contributed by atoms with Gasteiger partial charge in [0.25, 0.3) is 5.91 Å². The van der Waals surface area contributed by atoms with Crippen molar-refractivity contribution in [2.24, 2.45) is 5.73 Å². The lowest BCUT2D eigenvalue weighted by Crippen LogP contribution is -2.44. The van der Waals surface area contributed by atoms with Gasteiger partial charge in [0.2, 0.25) is 5.91 Å². The number of aryl methyl sites for hydroxylation is 1. The number of ether oxygens (including phenoxy) is 1. The maximum Gasteiger partial charge on any atom is 0.407 e. The lowest BCUT2D eigenvalue weighted by atomic mass is 10.0. The van der Waals surface area contributed by atoms with Crippen LogP contribution in [-0.4, -0.2) is 36.1 Å². The average Bonchev–Trinajstić information content (AvgIpc) is 2.81. The summed E-state index contributed by atoms with van der Waals surface area (Å²) in [6.45, 7) is 7.99. The molecule has 0 aliphatic carbocycles. The molecular formula is C28H39N3O4. The van der Waals surface area contributed by atoms with E-state index in [4.69, 9.17) is 10.5 Å². The summed E-state index contributed by atoms with van der Waals surface area (Å²) in [5.74, 6) is -0.930. The van der Waals surface area contributed by atoms with E-state index in [-0.39, 0.29) is 5.91 Å². The summed E-state index contributed by atoms with van der Waals surface area (Å²) in [5.41, 5.74) is 8.84. The number of hydrogen-bond donors (Lipinski definition) is 3. The first-order chi connectivity index (χ1) is 16.6. The maximum atomic E-state index is 12.7. The second kappa shape index (κ2) is 13.5. The number of nitrogens with one attached hydrogen (secondary N) is 2. The molecule has 0 bridgehead atoms. The summed E-state index contributed by atoms with van der Waals surface area (Å²) in [6, 6.07) is 15.0. The summed E-state index contributed by atoms with van der Waals surface area (Å²) in [5, 5.41) is 5.40. The van der Waals surface area contributed by atoms with E-state index < -0.39 is 23.6 Å². The highest BCUT2D eigenvalue weighted by Gasteiger charge is 2.19. The highest BCUT2D eigenvalue weighted by atomic mass is 16.6. The summed E-state index contributed by atoms with van der Waals surface area (Å²) in [6.07, 6.45) is 4.58. The van der Waals surface area contributed by atoms with Crippen molar-refractivity contribution in [2.75, 3.05) is 6.54 Å². The number of rotatable bonds is 12. The predicted octanol–water partition coefficient (Wildman–Crippen LogP) is 4.97. The lowest BCUT2D eigenvalue weighted by molar-refractivity contribution is -0.120. The number of primary amides is 1. The largest absolute Gasteiger partial charge is 0.444 e. The van der Waals surface area contributed by atoms with Crippen LogP contribution < -0.4 is 16.4 Å². The molecule has 0 aliphatic rings. The predicted molar refractivity (Wildman–Crippen MR) is 139 cm³/mol. The molecule has 2 aromatic rings. The fraction of sp³-hybridized carbons (Fsp3) is 0.464. The Morgan fingerprint density at radius 3 is 2.06 bits per heavy atom. The zero-order valence-electron chi connectivity index (χ0n) is 21.4. The number of unbranched alkanes of at least 4 members (excludes halogenated alkanes) is 2. The van der Waals surface area contributed by atoms with Gasteiger partial charge in [0.1, 0.15) is 11.6 Å². The Kier molecular flexibility index (Phi) is 10.8. The van der Waals surface area contributed by atoms with Gasteiger partial charge in [0.05, 0.1) is 0 Å². The summed E-state index contributed by atoms with van der Waals surface area (Å²) in [4.78, 5) is 36.2. The van der Waals surface area contributed by atoms with Gasteiger partial charge in [-0.3, -0.25) is 9.59 Å². The topological polar surface area (TPSA) is 111 Å². The van der Waals surface area contributed by atoms with Crippen molar-refractivity contribution in [1.82, 2.24) is 10.6 Å². The molecule has 2 aromatic carbocycles. The first-order valence-electron chi connectivity index (χ1n) is 12.4. The van der Waals surface area contributed by atoms with E-state index in [1.54, 1.807) is 32.9 Å². The molecule has 2 rings (SSSR count). The van der Waals surface area contributed by atoms with E-state index in [2.05, 4.69) is 41.8 Å². The minimum atomic E-state index is -0.778. The monoisotopic (exact) mass is 481 g/mol. The van der Waals surface area contributed by atoms with Crippen molar-refractivity contribution >= 4 is 17.9 Å². The van der Waals surface area contributed by atoms with Crippen molar-refractivity contribution < 1.29 is 19.1 Å². The van der Waals surface area contributed by atoms with Crippen LogP contribution in [0.1, 0.15) is 75.7 Å². The Morgan fingerprint density at radius 1 is 0.914 bits per heavy atom. The molecule has 7 nitrogen and oxygen atoms in total. The fourth-order valence-electron chi connectivity index (χ4n) is 3.56. The zero-order valence-corrected chi connectivity index (χ0v) is 21.4. The van der Waals surface area contributed by atoms with Crippen LogP contribution >= 0.6 is 0 Å². The molecule has 0 aliphatic heterocycles. The number of carbonyl (C=O) groups excluding carboxylic acids is 3. The molecule has 0 unspecified atom stereocenters. The van der Waals surface area contributed by atoms with Gasteiger partial charge in [-0.05, 0) is 81.7 Å². The first-order valence-corrected chi connectivity index (χ1v) is 12.4. The molecule has 190 valence electrons. The molecular weight excluding hydrogens is 442 g/mol. The van der Waals surface area contributed by atoms with Crippen molar-refractivity contribution in [1.29, 1.82) is 0 Å². The van der Waals surface area contributed by atoms with Gasteiger partial charge in [0.15, 0.2) is 0 Å². The van der Waals surface area contributed by atoms with Gasteiger partial charge in [0, 0.05) is 12.1 Å². The van der Waals surface area contributed by atoms with Crippen LogP contribution in [0.25, 0.3) is 11.1 Å². The van der Waals surface area contributed by atoms with Gasteiger partial charge < -0.3 is 21.1 Å². The smallest absolute Gasteiger partial charge is 0.407 e. The van der Waals surface area contributed by atoms with Crippen LogP contribution in [0, 0.1) is 0 Å². The minimum Gasteiger partial charge on any atom is -0.444 e. The molecule has 0 saturated heterocycles. The van der Waals surface area contributed by atoms with E-state index in [1.807, 2.05) is 12.1 Å². The third-order valence-electron chi connectivity index (χ3n) is 5.49. The standard InChI is InChI=1S/C28H39N3O4/c1-5-6-9-20-11-13-21(14-12-20)22-15-17-23(18-16-22)26(33)31-24(25(29)32)10-7-8-19-30-27(34)35-28(2,3)4/h11-18,24H,5-10,19H2,1-4H3,(H2,29,32)(H,30,34)(H,31,33)/t24-/m0/s1. The van der Waals surface area contributed by atoms with Gasteiger partial charge >= 0.3 is 6.09 Å². The van der Waals surface area contributed by atoms with Crippen molar-refractivity contribution in [3.05, 3.63) is 59.7 Å². The minimum absolute atomic E-state index is 0.345. The van der Waals surface area contributed by atoms with Gasteiger partial charge in [-0.25, -0.2) is 4.79 Å². The maximum absolute atomic E-state index is 12.7. The van der Waals surface area contributed by atoms with Gasteiger partial charge in [-0.1, -0.05) is 49.7 Å². The number of hydrogen-bond acceptors (Lipinski definition) is 4. The van der Waals surface area contributed by atoms with Crippen molar-refractivity contribution in [3.8, 4) is 11.1 Å². The van der Waals surface area contributed by atoms with E-state index >= 15 is 0 Å². The Balaban J connectivity index is 1.84. The molecule has 1 atom stereocenters. The quantitative estimate of drug-likeness (QED) is 0.372.